The Balaban J connectivity index is 1.92. The predicted molar refractivity (Wildman–Crippen MR) is 155 cm³/mol. The fourth-order valence-corrected chi connectivity index (χ4v) is 5.85. The highest BCUT2D eigenvalue weighted by atomic mass is 16.7. The Hall–Kier alpha value is -2.72. The number of ether oxygens (including phenoxy) is 5. The molecule has 0 aromatic carbocycles. The zero-order chi connectivity index (χ0) is 37.7. The Bertz CT molecular complexity index is 1180. The molecule has 23 nitrogen and oxygen atoms in total. The van der Waals surface area contributed by atoms with Gasteiger partial charge in [-0.25, -0.2) is 4.79 Å². The average Bonchev–Trinajstić information content (AvgIpc) is 3.06. The molecule has 3 aliphatic rings. The molecule has 16 atom stereocenters. The Labute approximate surface area is 283 Å². The van der Waals surface area contributed by atoms with Gasteiger partial charge in [-0.2, -0.15) is 0 Å². The van der Waals surface area contributed by atoms with Crippen LogP contribution in [-0.4, -0.2) is 204 Å². The summed E-state index contributed by atoms with van der Waals surface area (Å²) in [5.41, 5.74) is 0. The number of hydrogen-bond donors (Lipinski definition) is 14. The van der Waals surface area contributed by atoms with Crippen molar-refractivity contribution in [3.63, 3.8) is 0 Å². The summed E-state index contributed by atoms with van der Waals surface area (Å²) in [6.45, 7) is -1.90. The van der Waals surface area contributed by atoms with Gasteiger partial charge in [-0.1, -0.05) is 0 Å². The van der Waals surface area contributed by atoms with Crippen molar-refractivity contribution >= 4 is 23.7 Å². The summed E-state index contributed by atoms with van der Waals surface area (Å²) in [5.74, 6) is -7.41. The summed E-state index contributed by atoms with van der Waals surface area (Å²) in [4.78, 5) is 48.3. The van der Waals surface area contributed by atoms with E-state index in [2.05, 4.69) is 16.0 Å². The molecule has 0 aliphatic carbocycles. The summed E-state index contributed by atoms with van der Waals surface area (Å²) < 4.78 is 27.7. The summed E-state index contributed by atoms with van der Waals surface area (Å²) in [7, 11) is 0. The first-order chi connectivity index (χ1) is 23.4. The van der Waals surface area contributed by atoms with Crippen molar-refractivity contribution in [1.29, 1.82) is 0 Å². The number of aliphatic carboxylic acids is 1. The number of nitrogens with one attached hydrogen (secondary N) is 3. The number of hydrogen-bond acceptors (Lipinski definition) is 19. The predicted octanol–water partition coefficient (Wildman–Crippen LogP) is -8.96. The smallest absolute Gasteiger partial charge is 0.364 e. The maximum atomic E-state index is 12.6. The van der Waals surface area contributed by atoms with E-state index in [1.54, 1.807) is 0 Å². The topological polar surface area (TPSA) is 373 Å². The summed E-state index contributed by atoms with van der Waals surface area (Å²) in [6.07, 6.45) is -23.3. The lowest BCUT2D eigenvalue weighted by Gasteiger charge is -2.49. The van der Waals surface area contributed by atoms with Gasteiger partial charge in [-0.05, 0) is 0 Å². The lowest BCUT2D eigenvalue weighted by molar-refractivity contribution is -0.342. The molecule has 0 unspecified atom stereocenters. The molecule has 0 aromatic rings. The average molecular weight is 732 g/mol. The van der Waals surface area contributed by atoms with Crippen LogP contribution in [0.4, 0.5) is 0 Å². The minimum Gasteiger partial charge on any atom is -0.477 e. The van der Waals surface area contributed by atoms with E-state index in [0.717, 1.165) is 13.8 Å². The molecular weight excluding hydrogens is 686 g/mol. The molecule has 288 valence electrons. The normalized spacial score (nSPS) is 40.3. The van der Waals surface area contributed by atoms with Crippen LogP contribution in [0.15, 0.2) is 0 Å². The van der Waals surface area contributed by atoms with E-state index in [0.29, 0.717) is 0 Å². The number of aliphatic hydroxyl groups is 10. The number of carbonyl (C=O) groups excluding carboxylic acids is 3. The van der Waals surface area contributed by atoms with Gasteiger partial charge in [-0.15, -0.1) is 0 Å². The molecule has 50 heavy (non-hydrogen) atoms. The number of carboxylic acids is 1. The number of rotatable bonds is 14. The summed E-state index contributed by atoms with van der Waals surface area (Å²) >= 11 is 0. The van der Waals surface area contributed by atoms with Crippen LogP contribution in [0, 0.1) is 0 Å². The van der Waals surface area contributed by atoms with Crippen molar-refractivity contribution in [2.24, 2.45) is 0 Å². The Kier molecular flexibility index (Phi) is 14.7. The second-order valence-electron chi connectivity index (χ2n) is 12.0. The van der Waals surface area contributed by atoms with Crippen molar-refractivity contribution in [1.82, 2.24) is 16.0 Å². The standard InChI is InChI=1S/C27H45N3O20/c1-8(34)28-16-21(42)19(40)12(5-32)48-25(16)49-22-17(29-9(2)35)24(43)47-13(20(22)41)7-46-27(26(44)45)3-10(36)15(30-14(38)6-33)23(50-27)18(39)11(37)4-31/h10-13,15-25,31-33,36-37,39-43H,3-7H2,1-2H3,(H,28,34)(H,29,35)(H,30,38)(H,44,45)/t10-,11+,12+,13+,15+,16+,17+,18+,19+,20-,21+,22+,23+,24-,25-,27+/m0/s1. The molecule has 0 radical (unpaired) electrons. The SMILES string of the molecule is CC(=O)N[C@@H]1[C@@H](O[C@@H]2O[C@H](CO)[C@@H](O)[C@H](O)[C@H]2NC(C)=O)[C@@H](O)[C@@H](CO[C@]2(C(=O)O)C[C@H](O)[C@@H](NC(=O)CO)[C@H]([C@H](O)[C@H](O)CO)O2)O[C@@H]1O. The van der Waals surface area contributed by atoms with Crippen molar-refractivity contribution in [3.8, 4) is 0 Å². The molecule has 0 bridgehead atoms. The lowest BCUT2D eigenvalue weighted by atomic mass is 9.88. The Morgan fingerprint density at radius 2 is 1.46 bits per heavy atom. The molecule has 3 saturated heterocycles. The van der Waals surface area contributed by atoms with Gasteiger partial charge in [0, 0.05) is 20.3 Å². The number of carboxylic acid groups (broad SMARTS) is 1. The molecule has 3 heterocycles. The third-order valence-corrected chi connectivity index (χ3v) is 8.37. The van der Waals surface area contributed by atoms with Gasteiger partial charge in [0.05, 0.1) is 32.0 Å². The molecule has 3 aliphatic heterocycles. The third-order valence-electron chi connectivity index (χ3n) is 8.37. The molecule has 23 heteroatoms. The van der Waals surface area contributed by atoms with Crippen LogP contribution < -0.4 is 16.0 Å². The molecule has 0 aromatic heterocycles. The molecule has 3 fully saturated rings. The van der Waals surface area contributed by atoms with E-state index in [4.69, 9.17) is 28.8 Å². The van der Waals surface area contributed by atoms with Crippen LogP contribution in [-0.2, 0) is 42.9 Å². The van der Waals surface area contributed by atoms with Gasteiger partial charge in [-0.3, -0.25) is 14.4 Å². The molecule has 3 amide bonds. The van der Waals surface area contributed by atoms with Crippen molar-refractivity contribution < 1.29 is 99.0 Å². The summed E-state index contributed by atoms with van der Waals surface area (Å²) in [6, 6.07) is -4.79. The Morgan fingerprint density at radius 3 is 2.00 bits per heavy atom. The van der Waals surface area contributed by atoms with Crippen LogP contribution in [0.1, 0.15) is 20.3 Å². The summed E-state index contributed by atoms with van der Waals surface area (Å²) in [5, 5.41) is 120. The molecule has 3 rings (SSSR count). The first-order valence-electron chi connectivity index (χ1n) is 15.3. The zero-order valence-electron chi connectivity index (χ0n) is 26.8. The van der Waals surface area contributed by atoms with E-state index in [-0.39, 0.29) is 0 Å². The number of aliphatic hydroxyl groups excluding tert-OH is 10. The van der Waals surface area contributed by atoms with Crippen LogP contribution in [0.5, 0.6) is 0 Å². The van der Waals surface area contributed by atoms with E-state index < -0.39 is 154 Å². The van der Waals surface area contributed by atoms with Gasteiger partial charge >= 0.3 is 5.97 Å². The van der Waals surface area contributed by atoms with E-state index in [9.17, 15) is 70.2 Å². The monoisotopic (exact) mass is 731 g/mol. The van der Waals surface area contributed by atoms with Crippen LogP contribution in [0.3, 0.4) is 0 Å². The third kappa shape index (κ3) is 9.38. The number of amides is 3. The minimum absolute atomic E-state index is 0.722. The van der Waals surface area contributed by atoms with Crippen molar-refractivity contribution in [3.05, 3.63) is 0 Å². The highest BCUT2D eigenvalue weighted by Crippen LogP contribution is 2.35. The van der Waals surface area contributed by atoms with E-state index >= 15 is 0 Å². The van der Waals surface area contributed by atoms with Gasteiger partial charge in [0.25, 0.3) is 5.79 Å². The largest absolute Gasteiger partial charge is 0.477 e. The zero-order valence-corrected chi connectivity index (χ0v) is 26.8. The second-order valence-corrected chi connectivity index (χ2v) is 12.0. The van der Waals surface area contributed by atoms with Gasteiger partial charge in [0.1, 0.15) is 73.6 Å². The first kappa shape index (κ1) is 41.7. The highest BCUT2D eigenvalue weighted by Gasteiger charge is 2.57. The Morgan fingerprint density at radius 1 is 0.840 bits per heavy atom. The molecular formula is C27H45N3O20. The highest BCUT2D eigenvalue weighted by molar-refractivity contribution is 5.78. The molecule has 14 N–H and O–H groups in total. The fourth-order valence-electron chi connectivity index (χ4n) is 5.85. The van der Waals surface area contributed by atoms with Gasteiger partial charge in [0.2, 0.25) is 17.7 Å². The maximum Gasteiger partial charge on any atom is 0.364 e. The van der Waals surface area contributed by atoms with E-state index in [1.807, 2.05) is 0 Å². The lowest BCUT2D eigenvalue weighted by Crippen LogP contribution is -2.70. The molecule has 0 spiro atoms. The first-order valence-corrected chi connectivity index (χ1v) is 15.3. The number of carbonyl (C=O) groups is 4. The van der Waals surface area contributed by atoms with Crippen molar-refractivity contribution in [2.75, 3.05) is 26.4 Å². The second kappa shape index (κ2) is 17.7. The quantitative estimate of drug-likeness (QED) is 0.0788. The van der Waals surface area contributed by atoms with Crippen molar-refractivity contribution in [2.45, 2.75) is 118 Å². The molecule has 0 saturated carbocycles. The van der Waals surface area contributed by atoms with Crippen LogP contribution >= 0.6 is 0 Å². The van der Waals surface area contributed by atoms with Gasteiger partial charge < -0.3 is 95.8 Å². The maximum absolute atomic E-state index is 12.6. The van der Waals surface area contributed by atoms with Crippen LogP contribution in [0.2, 0.25) is 0 Å². The minimum atomic E-state index is -2.92. The fraction of sp³-hybridized carbons (Fsp3) is 0.852. The van der Waals surface area contributed by atoms with Gasteiger partial charge in [0.15, 0.2) is 12.6 Å². The van der Waals surface area contributed by atoms with E-state index in [1.165, 1.54) is 0 Å². The van der Waals surface area contributed by atoms with Crippen LogP contribution in [0.25, 0.3) is 0 Å².